The maximum atomic E-state index is 12.8. The summed E-state index contributed by atoms with van der Waals surface area (Å²) in [6, 6.07) is 30.9. The molecule has 0 aliphatic rings. The molecule has 198 valence electrons. The van der Waals surface area contributed by atoms with Crippen molar-refractivity contribution in [2.24, 2.45) is 0 Å². The van der Waals surface area contributed by atoms with Crippen LogP contribution in [0, 0.1) is 0 Å². The fraction of sp³-hybridized carbons (Fsp3) is 0. The first-order chi connectivity index (χ1) is 19.4. The summed E-state index contributed by atoms with van der Waals surface area (Å²) in [5.41, 5.74) is 10.6. The molecule has 0 amide bonds. The molecule has 10 heteroatoms. The lowest BCUT2D eigenvalue weighted by Crippen LogP contribution is -2.13. The standard InChI is InChI=1S/C30H23ClN6O2S/c31-27-18-33-30(34-21-7-6-8-22(17-21)36-40(38,39)24-15-13-20(32)14-16-24)35-29(27)26-19-37(23-9-2-1-3-10-23)28-12-5-4-11-25(26)28/h1-19,36H,32H2,(H,33,34,35). The van der Waals surface area contributed by atoms with Crippen LogP contribution in [0.25, 0.3) is 27.8 Å². The molecule has 0 radical (unpaired) electrons. The molecule has 0 bridgehead atoms. The summed E-state index contributed by atoms with van der Waals surface area (Å²) in [5, 5.41) is 4.57. The maximum Gasteiger partial charge on any atom is 0.261 e. The number of rotatable bonds is 7. The van der Waals surface area contributed by atoms with Gasteiger partial charge >= 0.3 is 0 Å². The number of aromatic nitrogens is 3. The Balaban J connectivity index is 1.31. The normalized spacial score (nSPS) is 11.4. The molecule has 0 unspecified atom stereocenters. The van der Waals surface area contributed by atoms with Crippen molar-refractivity contribution in [2.45, 2.75) is 4.90 Å². The third-order valence-corrected chi connectivity index (χ3v) is 7.98. The van der Waals surface area contributed by atoms with Gasteiger partial charge in [0.25, 0.3) is 10.0 Å². The number of fused-ring (bicyclic) bond motifs is 1. The summed E-state index contributed by atoms with van der Waals surface area (Å²) in [7, 11) is -3.79. The molecule has 0 spiro atoms. The van der Waals surface area contributed by atoms with E-state index >= 15 is 0 Å². The van der Waals surface area contributed by atoms with Crippen LogP contribution in [0.1, 0.15) is 0 Å². The van der Waals surface area contributed by atoms with E-state index in [0.717, 1.165) is 22.2 Å². The molecule has 6 rings (SSSR count). The zero-order valence-corrected chi connectivity index (χ0v) is 22.6. The highest BCUT2D eigenvalue weighted by atomic mass is 35.5. The number of hydrogen-bond acceptors (Lipinski definition) is 6. The molecule has 8 nitrogen and oxygen atoms in total. The Hall–Kier alpha value is -4.86. The predicted molar refractivity (Wildman–Crippen MR) is 161 cm³/mol. The van der Waals surface area contributed by atoms with E-state index in [2.05, 4.69) is 25.7 Å². The van der Waals surface area contributed by atoms with Gasteiger partial charge in [0.05, 0.1) is 33.0 Å². The van der Waals surface area contributed by atoms with Gasteiger partial charge in [-0.3, -0.25) is 4.72 Å². The van der Waals surface area contributed by atoms with Gasteiger partial charge in [0.15, 0.2) is 0 Å². The van der Waals surface area contributed by atoms with E-state index in [-0.39, 0.29) is 4.90 Å². The molecule has 0 saturated heterocycles. The van der Waals surface area contributed by atoms with Crippen LogP contribution in [-0.2, 0) is 10.0 Å². The van der Waals surface area contributed by atoms with E-state index in [1.165, 1.54) is 12.1 Å². The summed E-state index contributed by atoms with van der Waals surface area (Å²) in [6.45, 7) is 0. The highest BCUT2D eigenvalue weighted by Gasteiger charge is 2.17. The lowest BCUT2D eigenvalue weighted by atomic mass is 10.1. The number of para-hydroxylation sites is 2. The molecule has 4 aromatic carbocycles. The number of halogens is 1. The van der Waals surface area contributed by atoms with Crippen LogP contribution in [0.4, 0.5) is 23.0 Å². The van der Waals surface area contributed by atoms with Crippen LogP contribution in [0.2, 0.25) is 5.02 Å². The number of sulfonamides is 1. The third-order valence-electron chi connectivity index (χ3n) is 6.31. The van der Waals surface area contributed by atoms with Gasteiger partial charge in [0.1, 0.15) is 0 Å². The molecular formula is C30H23ClN6O2S. The summed E-state index contributed by atoms with van der Waals surface area (Å²) < 4.78 is 30.3. The van der Waals surface area contributed by atoms with Crippen molar-refractivity contribution >= 4 is 55.5 Å². The SMILES string of the molecule is Nc1ccc(S(=O)(=O)Nc2cccc(Nc3ncc(Cl)c(-c4cn(-c5ccccc5)c5ccccc45)n3)c2)cc1. The monoisotopic (exact) mass is 566 g/mol. The molecule has 0 aliphatic heterocycles. The van der Waals surface area contributed by atoms with Crippen molar-refractivity contribution in [2.75, 3.05) is 15.8 Å². The van der Waals surface area contributed by atoms with Crippen molar-refractivity contribution in [1.82, 2.24) is 14.5 Å². The fourth-order valence-corrected chi connectivity index (χ4v) is 5.68. The average molecular weight is 567 g/mol. The third kappa shape index (κ3) is 5.07. The highest BCUT2D eigenvalue weighted by molar-refractivity contribution is 7.92. The first-order valence-electron chi connectivity index (χ1n) is 12.3. The second kappa shape index (κ2) is 10.4. The second-order valence-electron chi connectivity index (χ2n) is 9.04. The Morgan fingerprint density at radius 3 is 2.35 bits per heavy atom. The van der Waals surface area contributed by atoms with Crippen molar-refractivity contribution in [3.05, 3.63) is 121 Å². The zero-order chi connectivity index (χ0) is 27.7. The topological polar surface area (TPSA) is 115 Å². The van der Waals surface area contributed by atoms with Gasteiger partial charge < -0.3 is 15.6 Å². The number of benzene rings is 4. The van der Waals surface area contributed by atoms with Crippen LogP contribution in [-0.4, -0.2) is 23.0 Å². The van der Waals surface area contributed by atoms with Crippen molar-refractivity contribution in [3.63, 3.8) is 0 Å². The first-order valence-corrected chi connectivity index (χ1v) is 14.2. The van der Waals surface area contributed by atoms with Gasteiger partial charge in [0, 0.05) is 34.2 Å². The minimum absolute atomic E-state index is 0.111. The number of anilines is 4. The summed E-state index contributed by atoms with van der Waals surface area (Å²) in [6.07, 6.45) is 3.57. The Bertz CT molecular complexity index is 1940. The van der Waals surface area contributed by atoms with E-state index in [0.29, 0.717) is 33.7 Å². The van der Waals surface area contributed by atoms with Crippen LogP contribution in [0.15, 0.2) is 120 Å². The Kier molecular flexibility index (Phi) is 6.59. The molecule has 6 aromatic rings. The molecule has 2 aromatic heterocycles. The zero-order valence-electron chi connectivity index (χ0n) is 21.0. The van der Waals surface area contributed by atoms with Gasteiger partial charge in [-0.1, -0.05) is 54.1 Å². The van der Waals surface area contributed by atoms with Gasteiger partial charge in [-0.2, -0.15) is 0 Å². The van der Waals surface area contributed by atoms with Crippen LogP contribution in [0.3, 0.4) is 0 Å². The summed E-state index contributed by atoms with van der Waals surface area (Å²) in [4.78, 5) is 9.20. The predicted octanol–water partition coefficient (Wildman–Crippen LogP) is 6.87. The highest BCUT2D eigenvalue weighted by Crippen LogP contribution is 2.35. The summed E-state index contributed by atoms with van der Waals surface area (Å²) >= 11 is 6.61. The molecule has 0 atom stereocenters. The minimum atomic E-state index is -3.79. The number of hydrogen-bond donors (Lipinski definition) is 3. The van der Waals surface area contributed by atoms with Crippen LogP contribution in [0.5, 0.6) is 0 Å². The molecule has 0 fully saturated rings. The van der Waals surface area contributed by atoms with Gasteiger partial charge in [-0.15, -0.1) is 0 Å². The van der Waals surface area contributed by atoms with E-state index in [9.17, 15) is 8.42 Å². The molecule has 4 N–H and O–H groups in total. The van der Waals surface area contributed by atoms with Gasteiger partial charge in [-0.05, 0) is 60.7 Å². The average Bonchev–Trinajstić information content (AvgIpc) is 3.34. The largest absolute Gasteiger partial charge is 0.399 e. The van der Waals surface area contributed by atoms with Crippen LogP contribution >= 0.6 is 11.6 Å². The Labute approximate surface area is 236 Å². The van der Waals surface area contributed by atoms with Crippen LogP contribution < -0.4 is 15.8 Å². The molecule has 2 heterocycles. The van der Waals surface area contributed by atoms with Crippen molar-refractivity contribution in [1.29, 1.82) is 0 Å². The number of nitrogens with zero attached hydrogens (tertiary/aromatic N) is 3. The lowest BCUT2D eigenvalue weighted by molar-refractivity contribution is 0.601. The number of nitrogen functional groups attached to an aromatic ring is 1. The van der Waals surface area contributed by atoms with E-state index < -0.39 is 10.0 Å². The second-order valence-corrected chi connectivity index (χ2v) is 11.1. The smallest absolute Gasteiger partial charge is 0.261 e. The van der Waals surface area contributed by atoms with E-state index in [1.54, 1.807) is 42.6 Å². The van der Waals surface area contributed by atoms with Gasteiger partial charge in [-0.25, -0.2) is 18.4 Å². The van der Waals surface area contributed by atoms with Gasteiger partial charge in [0.2, 0.25) is 5.95 Å². The lowest BCUT2D eigenvalue weighted by Gasteiger charge is -2.11. The molecule has 40 heavy (non-hydrogen) atoms. The quantitative estimate of drug-likeness (QED) is 0.182. The summed E-state index contributed by atoms with van der Waals surface area (Å²) in [5.74, 6) is 0.314. The fourth-order valence-electron chi connectivity index (χ4n) is 4.44. The molecule has 0 saturated carbocycles. The molecule has 0 aliphatic carbocycles. The number of nitrogens with one attached hydrogen (secondary N) is 2. The minimum Gasteiger partial charge on any atom is -0.399 e. The Morgan fingerprint density at radius 1 is 0.825 bits per heavy atom. The van der Waals surface area contributed by atoms with E-state index in [1.807, 2.05) is 54.7 Å². The van der Waals surface area contributed by atoms with Crippen molar-refractivity contribution in [3.8, 4) is 16.9 Å². The molecular weight excluding hydrogens is 544 g/mol. The Morgan fingerprint density at radius 2 is 1.55 bits per heavy atom. The number of nitrogens with two attached hydrogens (primary N) is 1. The van der Waals surface area contributed by atoms with E-state index in [4.69, 9.17) is 22.3 Å². The maximum absolute atomic E-state index is 12.8. The first kappa shape index (κ1) is 25.4. The van der Waals surface area contributed by atoms with Crippen molar-refractivity contribution < 1.29 is 8.42 Å².